The molecular weight excluding hydrogens is 170 g/mol. The van der Waals surface area contributed by atoms with Crippen LogP contribution in [0.4, 0.5) is 0 Å². The van der Waals surface area contributed by atoms with Crippen molar-refractivity contribution >= 4 is 0 Å². The van der Waals surface area contributed by atoms with E-state index in [1.807, 2.05) is 7.05 Å². The van der Waals surface area contributed by atoms with Crippen LogP contribution in [-0.4, -0.2) is 7.05 Å². The first kappa shape index (κ1) is 11.3. The van der Waals surface area contributed by atoms with Crippen molar-refractivity contribution in [1.29, 1.82) is 0 Å². The van der Waals surface area contributed by atoms with Crippen molar-refractivity contribution < 1.29 is 0 Å². The maximum Gasteiger partial charge on any atom is 0.0343 e. The molecule has 0 amide bonds. The van der Waals surface area contributed by atoms with E-state index in [0.717, 1.165) is 0 Å². The summed E-state index contributed by atoms with van der Waals surface area (Å²) in [7, 11) is 2.04. The van der Waals surface area contributed by atoms with Gasteiger partial charge in [-0.25, -0.2) is 0 Å². The molecule has 0 bridgehead atoms. The minimum atomic E-state index is 0.486. The molecule has 14 heavy (non-hydrogen) atoms. The number of aryl methyl sites for hydroxylation is 1. The van der Waals surface area contributed by atoms with Crippen molar-refractivity contribution in [3.8, 4) is 0 Å². The van der Waals surface area contributed by atoms with Gasteiger partial charge < -0.3 is 5.32 Å². The van der Waals surface area contributed by atoms with E-state index in [9.17, 15) is 0 Å². The molecule has 1 N–H and O–H groups in total. The minimum Gasteiger partial charge on any atom is -0.313 e. The number of hydrogen-bond donors (Lipinski definition) is 1. The average molecular weight is 191 g/mol. The van der Waals surface area contributed by atoms with Crippen molar-refractivity contribution in [2.24, 2.45) is 5.92 Å². The molecule has 0 spiro atoms. The molecular formula is C13H21N. The zero-order valence-electron chi connectivity index (χ0n) is 9.67. The molecule has 1 aromatic carbocycles. The molecule has 1 heteroatoms. The van der Waals surface area contributed by atoms with Crippen LogP contribution in [0.25, 0.3) is 0 Å². The summed E-state index contributed by atoms with van der Waals surface area (Å²) in [5, 5.41) is 3.40. The predicted octanol–water partition coefficient (Wildman–Crippen LogP) is 3.30. The highest BCUT2D eigenvalue weighted by molar-refractivity contribution is 5.25. The monoisotopic (exact) mass is 191 g/mol. The van der Waals surface area contributed by atoms with Gasteiger partial charge in [-0.3, -0.25) is 0 Å². The minimum absolute atomic E-state index is 0.486. The first-order chi connectivity index (χ1) is 6.69. The number of benzene rings is 1. The maximum absolute atomic E-state index is 3.40. The zero-order chi connectivity index (χ0) is 10.6. The van der Waals surface area contributed by atoms with E-state index in [1.165, 1.54) is 17.5 Å². The van der Waals surface area contributed by atoms with Crippen molar-refractivity contribution in [1.82, 2.24) is 5.32 Å². The van der Waals surface area contributed by atoms with E-state index in [2.05, 4.69) is 50.4 Å². The van der Waals surface area contributed by atoms with Gasteiger partial charge in [0, 0.05) is 6.04 Å². The van der Waals surface area contributed by atoms with E-state index in [-0.39, 0.29) is 0 Å². The Kier molecular flexibility index (Phi) is 4.15. The van der Waals surface area contributed by atoms with Crippen LogP contribution >= 0.6 is 0 Å². The molecule has 0 fully saturated rings. The normalized spacial score (nSPS) is 15.1. The van der Waals surface area contributed by atoms with E-state index >= 15 is 0 Å². The number of rotatable bonds is 4. The van der Waals surface area contributed by atoms with Crippen LogP contribution in [0.1, 0.15) is 37.4 Å². The van der Waals surface area contributed by atoms with Crippen LogP contribution in [0, 0.1) is 12.8 Å². The van der Waals surface area contributed by atoms with Gasteiger partial charge >= 0.3 is 0 Å². The largest absolute Gasteiger partial charge is 0.313 e. The topological polar surface area (TPSA) is 12.0 Å². The molecule has 0 aliphatic rings. The Balaban J connectivity index is 2.89. The summed E-state index contributed by atoms with van der Waals surface area (Å²) in [6.45, 7) is 6.68. The van der Waals surface area contributed by atoms with Gasteiger partial charge in [-0.2, -0.15) is 0 Å². The molecule has 0 heterocycles. The van der Waals surface area contributed by atoms with E-state index in [1.54, 1.807) is 0 Å². The Morgan fingerprint density at radius 1 is 1.36 bits per heavy atom. The fourth-order valence-corrected chi connectivity index (χ4v) is 1.88. The first-order valence-corrected chi connectivity index (χ1v) is 5.42. The zero-order valence-corrected chi connectivity index (χ0v) is 9.67. The second-order valence-electron chi connectivity index (χ2n) is 4.07. The molecule has 2 unspecified atom stereocenters. The average Bonchev–Trinajstić information content (AvgIpc) is 2.19. The van der Waals surface area contributed by atoms with E-state index in [4.69, 9.17) is 0 Å². The van der Waals surface area contributed by atoms with E-state index in [0.29, 0.717) is 12.0 Å². The lowest BCUT2D eigenvalue weighted by Crippen LogP contribution is -2.23. The van der Waals surface area contributed by atoms with Crippen molar-refractivity contribution in [3.63, 3.8) is 0 Å². The van der Waals surface area contributed by atoms with Crippen LogP contribution in [0.5, 0.6) is 0 Å². The summed E-state index contributed by atoms with van der Waals surface area (Å²) in [6.07, 6.45) is 1.21. The van der Waals surface area contributed by atoms with Gasteiger partial charge in [0.05, 0.1) is 0 Å². The molecule has 1 nitrogen and oxygen atoms in total. The molecule has 0 aliphatic carbocycles. The van der Waals surface area contributed by atoms with Gasteiger partial charge in [-0.05, 0) is 25.5 Å². The highest BCUT2D eigenvalue weighted by atomic mass is 14.9. The van der Waals surface area contributed by atoms with Gasteiger partial charge in [-0.15, -0.1) is 0 Å². The lowest BCUT2D eigenvalue weighted by Gasteiger charge is -2.23. The van der Waals surface area contributed by atoms with Gasteiger partial charge in [-0.1, -0.05) is 50.1 Å². The first-order valence-electron chi connectivity index (χ1n) is 5.42. The Bertz CT molecular complexity index is 280. The molecule has 0 saturated heterocycles. The highest BCUT2D eigenvalue weighted by Crippen LogP contribution is 2.24. The Morgan fingerprint density at radius 3 is 2.57 bits per heavy atom. The molecule has 78 valence electrons. The Labute approximate surface area is 87.5 Å². The van der Waals surface area contributed by atoms with Crippen LogP contribution in [0.2, 0.25) is 0 Å². The maximum atomic E-state index is 3.40. The lowest BCUT2D eigenvalue weighted by atomic mass is 9.92. The highest BCUT2D eigenvalue weighted by Gasteiger charge is 2.15. The van der Waals surface area contributed by atoms with Crippen molar-refractivity contribution in [2.45, 2.75) is 33.2 Å². The van der Waals surface area contributed by atoms with Crippen LogP contribution in [0.3, 0.4) is 0 Å². The van der Waals surface area contributed by atoms with Gasteiger partial charge in [0.1, 0.15) is 0 Å². The fraction of sp³-hybridized carbons (Fsp3) is 0.538. The summed E-state index contributed by atoms with van der Waals surface area (Å²) in [6, 6.07) is 9.25. The summed E-state index contributed by atoms with van der Waals surface area (Å²) in [5.41, 5.74) is 2.74. The Hall–Kier alpha value is -0.820. The fourth-order valence-electron chi connectivity index (χ4n) is 1.88. The second-order valence-corrected chi connectivity index (χ2v) is 4.07. The SMILES string of the molecule is CCC(C)C(NC)c1cccc(C)c1. The predicted molar refractivity (Wildman–Crippen MR) is 62.4 cm³/mol. The molecule has 1 rings (SSSR count). The van der Waals surface area contributed by atoms with Gasteiger partial charge in [0.2, 0.25) is 0 Å². The summed E-state index contributed by atoms with van der Waals surface area (Å²) < 4.78 is 0. The van der Waals surface area contributed by atoms with E-state index < -0.39 is 0 Å². The van der Waals surface area contributed by atoms with Crippen molar-refractivity contribution in [2.75, 3.05) is 7.05 Å². The third kappa shape index (κ3) is 2.58. The number of nitrogens with one attached hydrogen (secondary N) is 1. The van der Waals surface area contributed by atoms with Gasteiger partial charge in [0.25, 0.3) is 0 Å². The third-order valence-corrected chi connectivity index (χ3v) is 2.93. The quantitative estimate of drug-likeness (QED) is 0.770. The smallest absolute Gasteiger partial charge is 0.0343 e. The summed E-state index contributed by atoms with van der Waals surface area (Å²) in [4.78, 5) is 0. The third-order valence-electron chi connectivity index (χ3n) is 2.93. The van der Waals surface area contributed by atoms with Crippen molar-refractivity contribution in [3.05, 3.63) is 35.4 Å². The summed E-state index contributed by atoms with van der Waals surface area (Å²) in [5.74, 6) is 0.682. The second kappa shape index (κ2) is 5.16. The van der Waals surface area contributed by atoms with Crippen LogP contribution < -0.4 is 5.32 Å². The standard InChI is InChI=1S/C13H21N/c1-5-11(3)13(14-4)12-8-6-7-10(2)9-12/h6-9,11,13-14H,5H2,1-4H3. The molecule has 1 aromatic rings. The Morgan fingerprint density at radius 2 is 2.07 bits per heavy atom. The molecule has 0 saturated carbocycles. The lowest BCUT2D eigenvalue weighted by molar-refractivity contribution is 0.400. The van der Waals surface area contributed by atoms with Crippen LogP contribution in [-0.2, 0) is 0 Å². The van der Waals surface area contributed by atoms with Gasteiger partial charge in [0.15, 0.2) is 0 Å². The molecule has 0 radical (unpaired) electrons. The molecule has 0 aromatic heterocycles. The molecule has 2 atom stereocenters. The molecule has 0 aliphatic heterocycles. The number of hydrogen-bond acceptors (Lipinski definition) is 1. The summed E-state index contributed by atoms with van der Waals surface area (Å²) >= 11 is 0. The van der Waals surface area contributed by atoms with Crippen LogP contribution in [0.15, 0.2) is 24.3 Å².